The highest BCUT2D eigenvalue weighted by Gasteiger charge is 2.33. The topological polar surface area (TPSA) is 26.2 Å². The zero-order valence-corrected chi connectivity index (χ0v) is 23.5. The number of fused-ring (bicyclic) bond motifs is 3. The SMILES string of the molecule is Cc1ccc2c(oc3c(-c4ccc(C5CCCCC5C5CCOCC5)cc4)c(F)ccc32)c1-c1cccc[n+]1C. The second-order valence-corrected chi connectivity index (χ2v) is 11.9. The number of aromatic nitrogens is 1. The summed E-state index contributed by atoms with van der Waals surface area (Å²) in [4.78, 5) is 0. The molecule has 3 heterocycles. The summed E-state index contributed by atoms with van der Waals surface area (Å²) in [7, 11) is 2.04. The van der Waals surface area contributed by atoms with Crippen LogP contribution in [0.2, 0.25) is 0 Å². The van der Waals surface area contributed by atoms with E-state index in [4.69, 9.17) is 9.15 Å². The summed E-state index contributed by atoms with van der Waals surface area (Å²) in [5.74, 6) is 1.81. The number of benzene rings is 3. The molecule has 2 fully saturated rings. The number of hydrogen-bond donors (Lipinski definition) is 0. The molecule has 40 heavy (non-hydrogen) atoms. The number of nitrogens with zero attached hydrogens (tertiary/aromatic N) is 1. The fourth-order valence-electron chi connectivity index (χ4n) is 7.53. The molecule has 2 aromatic heterocycles. The van der Waals surface area contributed by atoms with Gasteiger partial charge in [-0.1, -0.05) is 49.2 Å². The van der Waals surface area contributed by atoms with E-state index in [1.54, 1.807) is 6.07 Å². The first kappa shape index (κ1) is 25.5. The normalized spacial score (nSPS) is 20.4. The Morgan fingerprint density at radius 1 is 0.775 bits per heavy atom. The van der Waals surface area contributed by atoms with Crippen molar-refractivity contribution in [2.45, 2.75) is 51.4 Å². The quantitative estimate of drug-likeness (QED) is 0.215. The van der Waals surface area contributed by atoms with Gasteiger partial charge in [-0.25, -0.2) is 8.96 Å². The van der Waals surface area contributed by atoms with Gasteiger partial charge in [0.2, 0.25) is 5.69 Å². The molecule has 3 nitrogen and oxygen atoms in total. The van der Waals surface area contributed by atoms with Crippen molar-refractivity contribution in [2.75, 3.05) is 13.2 Å². The lowest BCUT2D eigenvalue weighted by molar-refractivity contribution is -0.660. The molecule has 7 rings (SSSR count). The second kappa shape index (κ2) is 10.5. The number of aryl methyl sites for hydroxylation is 2. The number of furan rings is 1. The Morgan fingerprint density at radius 2 is 1.50 bits per heavy atom. The number of ether oxygens (including phenoxy) is 1. The predicted molar refractivity (Wildman–Crippen MR) is 159 cm³/mol. The molecule has 2 unspecified atom stereocenters. The van der Waals surface area contributed by atoms with E-state index in [0.717, 1.165) is 63.8 Å². The van der Waals surface area contributed by atoms with Crippen LogP contribution in [0.15, 0.2) is 77.3 Å². The Kier molecular flexibility index (Phi) is 6.67. The molecule has 0 N–H and O–H groups in total. The van der Waals surface area contributed by atoms with Crippen LogP contribution in [0.25, 0.3) is 44.3 Å². The zero-order valence-electron chi connectivity index (χ0n) is 23.5. The third-order valence-electron chi connectivity index (χ3n) is 9.60. The highest BCUT2D eigenvalue weighted by molar-refractivity contribution is 6.13. The maximum Gasteiger partial charge on any atom is 0.216 e. The van der Waals surface area contributed by atoms with Gasteiger partial charge in [-0.3, -0.25) is 0 Å². The van der Waals surface area contributed by atoms with Crippen LogP contribution in [0, 0.1) is 24.6 Å². The van der Waals surface area contributed by atoms with Crippen molar-refractivity contribution in [3.8, 4) is 22.4 Å². The van der Waals surface area contributed by atoms with Crippen LogP contribution in [-0.4, -0.2) is 13.2 Å². The number of halogens is 1. The molecule has 2 atom stereocenters. The van der Waals surface area contributed by atoms with Crippen molar-refractivity contribution in [2.24, 2.45) is 18.9 Å². The van der Waals surface area contributed by atoms with Crippen LogP contribution in [0.5, 0.6) is 0 Å². The Labute approximate surface area is 235 Å². The minimum Gasteiger partial charge on any atom is -0.454 e. The van der Waals surface area contributed by atoms with E-state index >= 15 is 4.39 Å². The fraction of sp³-hybridized carbons (Fsp3) is 0.361. The lowest BCUT2D eigenvalue weighted by Gasteiger charge is -2.39. The van der Waals surface area contributed by atoms with Crippen LogP contribution in [0.4, 0.5) is 4.39 Å². The monoisotopic (exact) mass is 534 g/mol. The minimum atomic E-state index is -0.249. The number of pyridine rings is 1. The summed E-state index contributed by atoms with van der Waals surface area (Å²) < 4.78 is 30.0. The smallest absolute Gasteiger partial charge is 0.216 e. The third kappa shape index (κ3) is 4.34. The molecule has 1 aliphatic carbocycles. The Morgan fingerprint density at radius 3 is 2.27 bits per heavy atom. The fourth-order valence-corrected chi connectivity index (χ4v) is 7.53. The molecule has 0 spiro atoms. The Bertz CT molecular complexity index is 1680. The van der Waals surface area contributed by atoms with E-state index in [1.807, 2.05) is 31.4 Å². The second-order valence-electron chi connectivity index (χ2n) is 11.9. The molecular weight excluding hydrogens is 497 g/mol. The van der Waals surface area contributed by atoms with Crippen LogP contribution < -0.4 is 4.57 Å². The van der Waals surface area contributed by atoms with Crippen molar-refractivity contribution < 1.29 is 18.1 Å². The van der Waals surface area contributed by atoms with E-state index in [-0.39, 0.29) is 5.82 Å². The van der Waals surface area contributed by atoms with Crippen molar-refractivity contribution in [1.29, 1.82) is 0 Å². The van der Waals surface area contributed by atoms with Crippen molar-refractivity contribution in [1.82, 2.24) is 0 Å². The van der Waals surface area contributed by atoms with E-state index in [0.29, 0.717) is 17.1 Å². The summed E-state index contributed by atoms with van der Waals surface area (Å²) in [6.45, 7) is 3.91. The molecule has 3 aromatic carbocycles. The zero-order chi connectivity index (χ0) is 27.2. The summed E-state index contributed by atoms with van der Waals surface area (Å²) in [5.41, 5.74) is 7.49. The highest BCUT2D eigenvalue weighted by Crippen LogP contribution is 2.46. The van der Waals surface area contributed by atoms with Gasteiger partial charge in [0, 0.05) is 36.1 Å². The van der Waals surface area contributed by atoms with Gasteiger partial charge in [-0.05, 0) is 85.3 Å². The molecule has 0 amide bonds. The first-order chi connectivity index (χ1) is 19.6. The molecule has 2 aliphatic rings. The highest BCUT2D eigenvalue weighted by atomic mass is 19.1. The van der Waals surface area contributed by atoms with Crippen LogP contribution >= 0.6 is 0 Å². The maximum absolute atomic E-state index is 15.6. The van der Waals surface area contributed by atoms with Crippen molar-refractivity contribution >= 4 is 21.9 Å². The van der Waals surface area contributed by atoms with Gasteiger partial charge >= 0.3 is 0 Å². The lowest BCUT2D eigenvalue weighted by Crippen LogP contribution is -2.30. The van der Waals surface area contributed by atoms with E-state index < -0.39 is 0 Å². The standard InChI is InChI=1S/C36H37FNO2/c1-23-10-15-29-30-16-17-31(37)34(36(30)40-35(29)33(23)32-9-5-6-20-38(32)2)26-13-11-24(12-14-26)27-7-3-4-8-28(27)25-18-21-39-22-19-25/h5-6,9-17,20,25,27-28H,3-4,7-8,18-19,21-22H2,1-2H3/q+1. The largest absolute Gasteiger partial charge is 0.454 e. The number of rotatable bonds is 4. The molecule has 0 bridgehead atoms. The molecule has 4 heteroatoms. The molecule has 1 saturated carbocycles. The predicted octanol–water partition coefficient (Wildman–Crippen LogP) is 8.89. The molecule has 204 valence electrons. The van der Waals surface area contributed by atoms with Gasteiger partial charge in [-0.15, -0.1) is 0 Å². The summed E-state index contributed by atoms with van der Waals surface area (Å²) in [5, 5.41) is 1.96. The van der Waals surface area contributed by atoms with Crippen LogP contribution in [0.1, 0.15) is 55.6 Å². The third-order valence-corrected chi connectivity index (χ3v) is 9.60. The minimum absolute atomic E-state index is 0.249. The first-order valence-corrected chi connectivity index (χ1v) is 14.9. The lowest BCUT2D eigenvalue weighted by atomic mass is 9.67. The van der Waals surface area contributed by atoms with E-state index in [2.05, 4.69) is 54.0 Å². The van der Waals surface area contributed by atoms with Gasteiger partial charge in [0.1, 0.15) is 24.0 Å². The van der Waals surface area contributed by atoms with Crippen molar-refractivity contribution in [3.05, 3.63) is 89.9 Å². The summed E-state index contributed by atoms with van der Waals surface area (Å²) >= 11 is 0. The average Bonchev–Trinajstić information content (AvgIpc) is 3.36. The summed E-state index contributed by atoms with van der Waals surface area (Å²) in [6, 6.07) is 22.6. The number of hydrogen-bond acceptors (Lipinski definition) is 2. The first-order valence-electron chi connectivity index (χ1n) is 14.9. The van der Waals surface area contributed by atoms with Crippen LogP contribution in [-0.2, 0) is 11.8 Å². The van der Waals surface area contributed by atoms with Crippen LogP contribution in [0.3, 0.4) is 0 Å². The van der Waals surface area contributed by atoms with Gasteiger partial charge in [-0.2, -0.15) is 0 Å². The van der Waals surface area contributed by atoms with Crippen molar-refractivity contribution in [3.63, 3.8) is 0 Å². The molecule has 5 aromatic rings. The van der Waals surface area contributed by atoms with Gasteiger partial charge in [0.25, 0.3) is 0 Å². The Hall–Kier alpha value is -3.50. The summed E-state index contributed by atoms with van der Waals surface area (Å²) in [6.07, 6.45) is 9.58. The molecular formula is C36H37FNO2+. The Balaban J connectivity index is 1.31. The maximum atomic E-state index is 15.6. The van der Waals surface area contributed by atoms with Gasteiger partial charge in [0.05, 0.1) is 11.1 Å². The molecule has 1 saturated heterocycles. The average molecular weight is 535 g/mol. The molecule has 0 radical (unpaired) electrons. The van der Waals surface area contributed by atoms with E-state index in [1.165, 1.54) is 44.1 Å². The molecule has 1 aliphatic heterocycles. The van der Waals surface area contributed by atoms with E-state index in [9.17, 15) is 0 Å². The van der Waals surface area contributed by atoms with Gasteiger partial charge in [0.15, 0.2) is 6.20 Å². The van der Waals surface area contributed by atoms with Gasteiger partial charge < -0.3 is 9.15 Å².